The molecule has 14 nitrogen and oxygen atoms in total. The Hall–Kier alpha value is -1.71. The zero-order valence-corrected chi connectivity index (χ0v) is 21.8. The number of sulfone groups is 1. The van der Waals surface area contributed by atoms with Gasteiger partial charge in [-0.3, -0.25) is 4.57 Å². The predicted molar refractivity (Wildman–Crippen MR) is 128 cm³/mol. The van der Waals surface area contributed by atoms with Crippen molar-refractivity contribution in [1.82, 2.24) is 19.7 Å². The number of ether oxygens (including phenoxy) is 2. The lowest BCUT2D eigenvalue weighted by Crippen LogP contribution is -2.39. The van der Waals surface area contributed by atoms with Crippen LogP contribution in [0.1, 0.15) is 38.2 Å². The van der Waals surface area contributed by atoms with Crippen molar-refractivity contribution >= 4 is 34.3 Å². The zero-order valence-electron chi connectivity index (χ0n) is 20.1. The van der Waals surface area contributed by atoms with Crippen LogP contribution in [-0.2, 0) is 23.9 Å². The number of anilines is 1. The van der Waals surface area contributed by atoms with Gasteiger partial charge in [0.05, 0.1) is 23.9 Å². The van der Waals surface area contributed by atoms with Crippen molar-refractivity contribution in [1.29, 1.82) is 0 Å². The summed E-state index contributed by atoms with van der Waals surface area (Å²) < 4.78 is 48.9. The maximum absolute atomic E-state index is 12.8. The van der Waals surface area contributed by atoms with Crippen molar-refractivity contribution in [3.63, 3.8) is 0 Å². The lowest BCUT2D eigenvalue weighted by atomic mass is 10.1. The van der Waals surface area contributed by atoms with Crippen LogP contribution in [0.2, 0.25) is 0 Å². The fourth-order valence-electron chi connectivity index (χ4n) is 4.83. The molecule has 5 N–H and O–H groups in total. The van der Waals surface area contributed by atoms with Crippen LogP contribution in [0.3, 0.4) is 0 Å². The van der Waals surface area contributed by atoms with Crippen LogP contribution in [0.15, 0.2) is 6.20 Å². The minimum absolute atomic E-state index is 0.240. The summed E-state index contributed by atoms with van der Waals surface area (Å²) in [5, 5.41) is 29.5. The number of nitrogens with one attached hydrogen (secondary N) is 1. The molecule has 2 aromatic rings. The minimum atomic E-state index is -5.08. The number of hydrogen-bond acceptors (Lipinski definition) is 11. The Kier molecular flexibility index (Phi) is 7.75. The average molecular weight is 550 g/mol. The monoisotopic (exact) mass is 549 g/mol. The molecular formula is C20H32N5O9PS. The maximum Gasteiger partial charge on any atom is 0.345 e. The normalized spacial score (nSPS) is 30.2. The van der Waals surface area contributed by atoms with Gasteiger partial charge in [-0.1, -0.05) is 13.3 Å². The number of rotatable bonds is 9. The highest BCUT2D eigenvalue weighted by Gasteiger charge is 2.49. The number of methoxy groups -OCH3 is 1. The van der Waals surface area contributed by atoms with E-state index in [1.165, 1.54) is 10.9 Å². The molecule has 16 heteroatoms. The van der Waals surface area contributed by atoms with Crippen LogP contribution in [-0.4, -0.2) is 97.0 Å². The van der Waals surface area contributed by atoms with E-state index in [-0.39, 0.29) is 6.04 Å². The molecule has 3 heterocycles. The highest BCUT2D eigenvalue weighted by atomic mass is 32.2. The van der Waals surface area contributed by atoms with Crippen LogP contribution in [0.25, 0.3) is 11.0 Å². The highest BCUT2D eigenvalue weighted by molar-refractivity contribution is 7.98. The van der Waals surface area contributed by atoms with E-state index in [1.54, 1.807) is 6.92 Å². The van der Waals surface area contributed by atoms with Crippen LogP contribution in [0.5, 0.6) is 0 Å². The number of aliphatic hydroxyl groups is 2. The summed E-state index contributed by atoms with van der Waals surface area (Å²) in [5.74, 6) is 0.547. The van der Waals surface area contributed by atoms with E-state index in [0.29, 0.717) is 28.6 Å². The van der Waals surface area contributed by atoms with E-state index in [0.717, 1.165) is 26.4 Å². The Morgan fingerprint density at radius 3 is 2.61 bits per heavy atom. The van der Waals surface area contributed by atoms with E-state index < -0.39 is 59.3 Å². The average Bonchev–Trinajstić information content (AvgIpc) is 3.45. The molecule has 202 valence electrons. The summed E-state index contributed by atoms with van der Waals surface area (Å²) >= 11 is 0. The lowest BCUT2D eigenvalue weighted by molar-refractivity contribution is -0.0365. The number of hydrogen-bond donors (Lipinski definition) is 5. The zero-order chi connectivity index (χ0) is 26.4. The van der Waals surface area contributed by atoms with Gasteiger partial charge in [-0.2, -0.15) is 5.10 Å². The topological polar surface area (TPSA) is 206 Å². The second-order valence-electron chi connectivity index (χ2n) is 9.48. The fraction of sp³-hybridized carbons (Fsp3) is 0.750. The van der Waals surface area contributed by atoms with Crippen LogP contribution < -0.4 is 5.32 Å². The molecule has 7 atom stereocenters. The van der Waals surface area contributed by atoms with Crippen molar-refractivity contribution in [2.24, 2.45) is 5.92 Å². The third kappa shape index (κ3) is 5.29. The fourth-order valence-corrected chi connectivity index (χ4v) is 8.40. The van der Waals surface area contributed by atoms with Gasteiger partial charge in [-0.15, -0.1) is 0 Å². The van der Waals surface area contributed by atoms with Gasteiger partial charge in [0.25, 0.3) is 0 Å². The molecule has 36 heavy (non-hydrogen) atoms. The summed E-state index contributed by atoms with van der Waals surface area (Å²) in [7, 11) is -8.47. The van der Waals surface area contributed by atoms with Gasteiger partial charge < -0.3 is 34.8 Å². The van der Waals surface area contributed by atoms with Gasteiger partial charge in [0.15, 0.2) is 26.7 Å². The van der Waals surface area contributed by atoms with Crippen LogP contribution in [0.4, 0.5) is 5.82 Å². The van der Waals surface area contributed by atoms with Crippen molar-refractivity contribution in [3.05, 3.63) is 12.0 Å². The summed E-state index contributed by atoms with van der Waals surface area (Å²) in [5.41, 5.74) is 0.322. The molecule has 0 bridgehead atoms. The molecule has 2 aromatic heterocycles. The number of aliphatic hydroxyl groups excluding tert-OH is 2. The Morgan fingerprint density at radius 1 is 1.28 bits per heavy atom. The number of aryl methyl sites for hydroxylation is 1. The number of aromatic nitrogens is 4. The largest absolute Gasteiger partial charge is 0.387 e. The first-order chi connectivity index (χ1) is 16.8. The molecule has 4 rings (SSSR count). The van der Waals surface area contributed by atoms with E-state index in [2.05, 4.69) is 32.0 Å². The standard InChI is InChI=1S/C20H32N5O9PS/c1-10-5-4-6-13(10)24-18-12-7-21-25(19(12)23-11(2)22-18)20-17(27)16(26)14(34-20)9-36(31,32)15(8-33-3)35(28,29)30/h7,10,13-17,20,26-27H,4-6,8-9H2,1-3H3,(H,22,23,24)(H2,28,29,30)/t10?,13?,14-,15?,16-,17-,20-/m1/s1. The van der Waals surface area contributed by atoms with Crippen LogP contribution in [0, 0.1) is 12.8 Å². The quantitative estimate of drug-likeness (QED) is 0.260. The predicted octanol–water partition coefficient (Wildman–Crippen LogP) is -0.0806. The third-order valence-corrected chi connectivity index (χ3v) is 11.3. The summed E-state index contributed by atoms with van der Waals surface area (Å²) in [6.45, 7) is 3.13. The van der Waals surface area contributed by atoms with Crippen molar-refractivity contribution in [2.45, 2.75) is 68.7 Å². The molecule has 3 unspecified atom stereocenters. The molecule has 1 aliphatic carbocycles. The first kappa shape index (κ1) is 27.3. The lowest BCUT2D eigenvalue weighted by Gasteiger charge is -2.21. The highest BCUT2D eigenvalue weighted by Crippen LogP contribution is 2.45. The molecule has 2 fully saturated rings. The Bertz CT molecular complexity index is 1250. The van der Waals surface area contributed by atoms with E-state index in [9.17, 15) is 33.0 Å². The SMILES string of the molecule is COCC(P(=O)(O)O)S(=O)(=O)C[C@H]1O[C@@H](n2ncc3c(NC4CCCC4C)nc(C)nc32)[C@H](O)[C@@H]1O. The van der Waals surface area contributed by atoms with Gasteiger partial charge in [0.1, 0.15) is 30.0 Å². The molecule has 1 saturated heterocycles. The van der Waals surface area contributed by atoms with Gasteiger partial charge in [0, 0.05) is 13.2 Å². The molecule has 1 aliphatic heterocycles. The Balaban J connectivity index is 1.61. The van der Waals surface area contributed by atoms with E-state index >= 15 is 0 Å². The van der Waals surface area contributed by atoms with Crippen molar-refractivity contribution < 1.29 is 42.5 Å². The first-order valence-corrected chi connectivity index (χ1v) is 15.0. The second-order valence-corrected chi connectivity index (χ2v) is 13.9. The van der Waals surface area contributed by atoms with Crippen LogP contribution >= 0.6 is 7.60 Å². The Labute approximate surface area is 208 Å². The first-order valence-electron chi connectivity index (χ1n) is 11.6. The third-order valence-electron chi connectivity index (χ3n) is 6.82. The number of fused-ring (bicyclic) bond motifs is 1. The van der Waals surface area contributed by atoms with Gasteiger partial charge in [-0.05, 0) is 25.7 Å². The molecule has 2 aliphatic rings. The van der Waals surface area contributed by atoms with E-state index in [4.69, 9.17) is 4.74 Å². The van der Waals surface area contributed by atoms with Gasteiger partial charge in [-0.25, -0.2) is 23.1 Å². The van der Waals surface area contributed by atoms with E-state index in [1.807, 2.05) is 0 Å². The Morgan fingerprint density at radius 2 is 2.00 bits per heavy atom. The second kappa shape index (κ2) is 10.2. The molecule has 1 saturated carbocycles. The maximum atomic E-state index is 12.8. The minimum Gasteiger partial charge on any atom is -0.387 e. The smallest absolute Gasteiger partial charge is 0.345 e. The summed E-state index contributed by atoms with van der Waals surface area (Å²) in [6, 6.07) is 0.240. The molecule has 0 aromatic carbocycles. The molecule has 0 radical (unpaired) electrons. The van der Waals surface area contributed by atoms with Gasteiger partial charge in [0.2, 0.25) is 0 Å². The molecule has 0 amide bonds. The van der Waals surface area contributed by atoms with Crippen molar-refractivity contribution in [2.75, 3.05) is 24.8 Å². The molecule has 0 spiro atoms. The number of nitrogens with zero attached hydrogens (tertiary/aromatic N) is 4. The summed E-state index contributed by atoms with van der Waals surface area (Å²) in [6.07, 6.45) is -1.27. The molecular weight excluding hydrogens is 517 g/mol. The van der Waals surface area contributed by atoms with Gasteiger partial charge >= 0.3 is 7.60 Å². The summed E-state index contributed by atoms with van der Waals surface area (Å²) in [4.78, 5) is 25.8. The van der Waals surface area contributed by atoms with Crippen molar-refractivity contribution in [3.8, 4) is 0 Å².